The van der Waals surface area contributed by atoms with Crippen molar-refractivity contribution in [2.45, 2.75) is 275 Å². The number of rotatable bonds is 46. The molecule has 67 heavy (non-hydrogen) atoms. The summed E-state index contributed by atoms with van der Waals surface area (Å²) in [6.45, 7) is 4.00. The second kappa shape index (κ2) is 46.0. The maximum atomic E-state index is 12.9. The molecule has 1 saturated heterocycles. The highest BCUT2D eigenvalue weighted by Gasteiger charge is 2.44. The number of esters is 1. The summed E-state index contributed by atoms with van der Waals surface area (Å²) < 4.78 is 16.6. The Kier molecular flexibility index (Phi) is 43.0. The van der Waals surface area contributed by atoms with Gasteiger partial charge in [-0.1, -0.05) is 184 Å². The number of allylic oxidation sites excluding steroid dienone is 7. The fourth-order valence-corrected chi connectivity index (χ4v) is 8.35. The Bertz CT molecular complexity index is 1250. The number of hydrogen-bond acceptors (Lipinski definition) is 10. The van der Waals surface area contributed by atoms with Crippen molar-refractivity contribution in [1.29, 1.82) is 0 Å². The fraction of sp³-hybridized carbons (Fsp3) is 0.821. The van der Waals surface area contributed by atoms with Gasteiger partial charge >= 0.3 is 5.97 Å². The molecule has 1 heterocycles. The van der Waals surface area contributed by atoms with Crippen LogP contribution in [-0.2, 0) is 23.8 Å². The molecule has 390 valence electrons. The van der Waals surface area contributed by atoms with Gasteiger partial charge in [-0.3, -0.25) is 9.59 Å². The van der Waals surface area contributed by atoms with Gasteiger partial charge in [-0.15, -0.1) is 0 Å². The van der Waals surface area contributed by atoms with Gasteiger partial charge in [0.2, 0.25) is 5.91 Å². The van der Waals surface area contributed by atoms with Crippen molar-refractivity contribution in [2.24, 2.45) is 0 Å². The lowest BCUT2D eigenvalue weighted by Gasteiger charge is -2.40. The number of aliphatic hydroxyl groups is 5. The van der Waals surface area contributed by atoms with Crippen molar-refractivity contribution in [3.8, 4) is 0 Å². The Balaban J connectivity index is 2.10. The van der Waals surface area contributed by atoms with Gasteiger partial charge in [-0.2, -0.15) is 0 Å². The van der Waals surface area contributed by atoms with Crippen molar-refractivity contribution in [3.63, 3.8) is 0 Å². The molecule has 11 heteroatoms. The smallest absolute Gasteiger partial charge is 0.305 e. The molecule has 0 aromatic rings. The summed E-state index contributed by atoms with van der Waals surface area (Å²) in [5.41, 5.74) is 0. The Hall–Kier alpha value is -2.38. The highest BCUT2D eigenvalue weighted by molar-refractivity contribution is 5.76. The first kappa shape index (κ1) is 62.6. The first-order chi connectivity index (χ1) is 32.7. The third-order valence-corrected chi connectivity index (χ3v) is 12.7. The predicted molar refractivity (Wildman–Crippen MR) is 274 cm³/mol. The minimum Gasteiger partial charge on any atom is -0.466 e. The summed E-state index contributed by atoms with van der Waals surface area (Å²) in [6.07, 6.45) is 46.6. The molecule has 11 nitrogen and oxygen atoms in total. The molecule has 7 unspecified atom stereocenters. The molecule has 0 radical (unpaired) electrons. The van der Waals surface area contributed by atoms with E-state index in [1.807, 2.05) is 19.1 Å². The summed E-state index contributed by atoms with van der Waals surface area (Å²) >= 11 is 0. The van der Waals surface area contributed by atoms with E-state index in [2.05, 4.69) is 42.6 Å². The number of carbonyl (C=O) groups is 2. The van der Waals surface area contributed by atoms with Crippen LogP contribution in [0.4, 0.5) is 0 Å². The average Bonchev–Trinajstić information content (AvgIpc) is 3.32. The third kappa shape index (κ3) is 36.3. The maximum absolute atomic E-state index is 12.9. The highest BCUT2D eigenvalue weighted by Crippen LogP contribution is 2.23. The quantitative estimate of drug-likeness (QED) is 0.0196. The van der Waals surface area contributed by atoms with Gasteiger partial charge in [0.05, 0.1) is 32.0 Å². The Labute approximate surface area is 408 Å². The molecule has 0 aromatic heterocycles. The summed E-state index contributed by atoms with van der Waals surface area (Å²) in [5.74, 6) is -0.272. The zero-order chi connectivity index (χ0) is 48.8. The number of aliphatic hydroxyl groups excluding tert-OH is 5. The summed E-state index contributed by atoms with van der Waals surface area (Å²) in [4.78, 5) is 25.1. The summed E-state index contributed by atoms with van der Waals surface area (Å²) in [6, 6.07) is -0.852. The molecule has 0 aliphatic carbocycles. The summed E-state index contributed by atoms with van der Waals surface area (Å²) in [5, 5.41) is 54.0. The predicted octanol–water partition coefficient (Wildman–Crippen LogP) is 11.7. The number of nitrogens with one attached hydrogen (secondary N) is 1. The van der Waals surface area contributed by atoms with Crippen LogP contribution in [0.1, 0.15) is 232 Å². The van der Waals surface area contributed by atoms with E-state index in [-0.39, 0.29) is 18.5 Å². The van der Waals surface area contributed by atoms with Crippen LogP contribution in [0.15, 0.2) is 48.6 Å². The second-order valence-corrected chi connectivity index (χ2v) is 18.9. The van der Waals surface area contributed by atoms with Crippen LogP contribution in [0.2, 0.25) is 0 Å². The molecule has 6 N–H and O–H groups in total. The minimum atomic E-state index is -1.59. The second-order valence-electron chi connectivity index (χ2n) is 18.9. The Morgan fingerprint density at radius 1 is 0.567 bits per heavy atom. The third-order valence-electron chi connectivity index (χ3n) is 12.7. The molecule has 1 rings (SSSR count). The van der Waals surface area contributed by atoms with Crippen LogP contribution < -0.4 is 5.32 Å². The molecule has 1 amide bonds. The Morgan fingerprint density at radius 3 is 1.57 bits per heavy atom. The maximum Gasteiger partial charge on any atom is 0.305 e. The number of carbonyl (C=O) groups excluding carboxylic acids is 2. The first-order valence-electron chi connectivity index (χ1n) is 27.4. The lowest BCUT2D eigenvalue weighted by Crippen LogP contribution is -2.60. The topological polar surface area (TPSA) is 175 Å². The lowest BCUT2D eigenvalue weighted by molar-refractivity contribution is -0.302. The zero-order valence-corrected chi connectivity index (χ0v) is 42.6. The van der Waals surface area contributed by atoms with E-state index in [4.69, 9.17) is 14.2 Å². The van der Waals surface area contributed by atoms with Gasteiger partial charge in [0.15, 0.2) is 6.29 Å². The summed E-state index contributed by atoms with van der Waals surface area (Å²) in [7, 11) is 0. The van der Waals surface area contributed by atoms with Crippen molar-refractivity contribution >= 4 is 11.9 Å². The van der Waals surface area contributed by atoms with Crippen molar-refractivity contribution < 1.29 is 49.3 Å². The van der Waals surface area contributed by atoms with E-state index >= 15 is 0 Å². The van der Waals surface area contributed by atoms with Gasteiger partial charge in [-0.05, 0) is 84.0 Å². The van der Waals surface area contributed by atoms with Gasteiger partial charge in [0.25, 0.3) is 0 Å². The van der Waals surface area contributed by atoms with Crippen LogP contribution in [0, 0.1) is 0 Å². The molecule has 0 spiro atoms. The fourth-order valence-electron chi connectivity index (χ4n) is 8.35. The SMILES string of the molecule is C/C=C/CC/C=C/CC/C=C/C(O)C(COC1OC(CO)C(O)C(O)C1O)NC(=O)CCCCCCC/C=C\CCCCCOC(=O)CCCCCCCCCCCCCCCCCCCC. The largest absolute Gasteiger partial charge is 0.466 e. The van der Waals surface area contributed by atoms with Gasteiger partial charge in [0.1, 0.15) is 24.4 Å². The molecular formula is C56H101NO10. The normalized spacial score (nSPS) is 19.9. The lowest BCUT2D eigenvalue weighted by atomic mass is 9.99. The minimum absolute atomic E-state index is 0.0455. The van der Waals surface area contributed by atoms with Gasteiger partial charge < -0.3 is 45.1 Å². The number of ether oxygens (including phenoxy) is 3. The van der Waals surface area contributed by atoms with Crippen molar-refractivity contribution in [3.05, 3.63) is 48.6 Å². The van der Waals surface area contributed by atoms with E-state index in [0.717, 1.165) is 89.9 Å². The van der Waals surface area contributed by atoms with Crippen molar-refractivity contribution in [2.75, 3.05) is 19.8 Å². The van der Waals surface area contributed by atoms with E-state index in [9.17, 15) is 35.1 Å². The van der Waals surface area contributed by atoms with Crippen molar-refractivity contribution in [1.82, 2.24) is 5.32 Å². The van der Waals surface area contributed by atoms with Gasteiger partial charge in [-0.25, -0.2) is 0 Å². The van der Waals surface area contributed by atoms with Crippen LogP contribution in [0.3, 0.4) is 0 Å². The van der Waals surface area contributed by atoms with Crippen LogP contribution in [0.5, 0.6) is 0 Å². The zero-order valence-electron chi connectivity index (χ0n) is 42.6. The molecule has 1 aliphatic rings. The van der Waals surface area contributed by atoms with E-state index < -0.39 is 49.5 Å². The number of hydrogen-bond donors (Lipinski definition) is 6. The molecule has 0 bridgehead atoms. The van der Waals surface area contributed by atoms with Crippen LogP contribution in [0.25, 0.3) is 0 Å². The van der Waals surface area contributed by atoms with E-state index in [1.165, 1.54) is 103 Å². The molecule has 7 atom stereocenters. The average molecular weight is 948 g/mol. The molecule has 0 saturated carbocycles. The molecule has 0 aromatic carbocycles. The van der Waals surface area contributed by atoms with Crippen LogP contribution in [-0.4, -0.2) is 100 Å². The first-order valence-corrected chi connectivity index (χ1v) is 27.4. The molecule has 1 aliphatic heterocycles. The number of unbranched alkanes of at least 4 members (excludes halogenated alkanes) is 27. The van der Waals surface area contributed by atoms with Gasteiger partial charge in [0, 0.05) is 12.8 Å². The Morgan fingerprint density at radius 2 is 1.03 bits per heavy atom. The monoisotopic (exact) mass is 948 g/mol. The standard InChI is InChI=1S/C56H101NO10/c1-3-5-7-9-11-13-14-15-16-17-18-19-20-24-28-32-36-40-44-52(61)65-45-41-37-33-29-25-22-21-23-27-31-35-39-43-51(60)57-48(49(59)42-38-34-30-26-12-10-8-6-4-2)47-66-56-55(64)54(63)53(62)50(46-58)67-56/h4,6,12,22,25-26,38,42,48-50,53-56,58-59,62-64H,3,5,7-11,13-21,23-24,27-37,39-41,43-47H2,1-2H3,(H,57,60)/b6-4+,25-22-,26-12+,42-38+. The van der Waals surface area contributed by atoms with E-state index in [1.54, 1.807) is 6.08 Å². The van der Waals surface area contributed by atoms with Crippen LogP contribution >= 0.6 is 0 Å². The van der Waals surface area contributed by atoms with E-state index in [0.29, 0.717) is 32.3 Å². The molecule has 1 fully saturated rings. The number of amides is 1. The highest BCUT2D eigenvalue weighted by atomic mass is 16.7. The molecular weight excluding hydrogens is 847 g/mol.